The van der Waals surface area contributed by atoms with Crippen LogP contribution in [0.5, 0.6) is 0 Å². The van der Waals surface area contributed by atoms with Crippen LogP contribution < -0.4 is 0 Å². The summed E-state index contributed by atoms with van der Waals surface area (Å²) >= 11 is 0. The summed E-state index contributed by atoms with van der Waals surface area (Å²) in [4.78, 5) is 0. The quantitative estimate of drug-likeness (QED) is 0.674. The lowest BCUT2D eigenvalue weighted by atomic mass is 9.63. The highest BCUT2D eigenvalue weighted by atomic mass is 14.4. The van der Waals surface area contributed by atoms with Gasteiger partial charge in [0.1, 0.15) is 0 Å². The molecule has 0 unspecified atom stereocenters. The predicted octanol–water partition coefficient (Wildman–Crippen LogP) is 5.25. The molecule has 2 aliphatic rings. The Balaban J connectivity index is 2.04. The maximum atomic E-state index is 2.51. The Morgan fingerprint density at radius 2 is 1.68 bits per heavy atom. The molecule has 1 aromatic rings. The number of rotatable bonds is 2. The number of hydrogen-bond acceptors (Lipinski definition) is 0. The molecule has 0 amide bonds. The third-order valence-electron chi connectivity index (χ3n) is 5.34. The molecule has 0 saturated heterocycles. The molecule has 0 atom stereocenters. The van der Waals surface area contributed by atoms with Crippen LogP contribution in [0.2, 0.25) is 0 Å². The van der Waals surface area contributed by atoms with Crippen molar-refractivity contribution < 1.29 is 0 Å². The minimum Gasteiger partial charge on any atom is -0.0772 e. The molecule has 0 heteroatoms. The van der Waals surface area contributed by atoms with Gasteiger partial charge in [-0.2, -0.15) is 0 Å². The summed E-state index contributed by atoms with van der Waals surface area (Å²) in [6.45, 7) is 9.49. The van der Waals surface area contributed by atoms with Crippen molar-refractivity contribution in [3.05, 3.63) is 53.1 Å². The molecule has 0 radical (unpaired) electrons. The summed E-state index contributed by atoms with van der Waals surface area (Å²) in [5.41, 5.74) is 6.52. The lowest BCUT2D eigenvalue weighted by Gasteiger charge is -2.42. The molecule has 0 aliphatic heterocycles. The summed E-state index contributed by atoms with van der Waals surface area (Å²) in [6.07, 6.45) is 7.27. The molecular formula is C19H24. The summed E-state index contributed by atoms with van der Waals surface area (Å²) in [5, 5.41) is 0. The van der Waals surface area contributed by atoms with E-state index in [0.29, 0.717) is 17.3 Å². The molecule has 0 spiro atoms. The van der Waals surface area contributed by atoms with E-state index in [1.165, 1.54) is 17.5 Å². The normalized spacial score (nSPS) is 20.1. The van der Waals surface area contributed by atoms with Gasteiger partial charge in [0.2, 0.25) is 0 Å². The zero-order valence-electron chi connectivity index (χ0n) is 12.5. The van der Waals surface area contributed by atoms with Crippen LogP contribution in [0.3, 0.4) is 0 Å². The van der Waals surface area contributed by atoms with E-state index in [1.807, 2.05) is 0 Å². The van der Waals surface area contributed by atoms with E-state index in [0.717, 1.165) is 6.42 Å². The average molecular weight is 252 g/mol. The first-order valence-corrected chi connectivity index (χ1v) is 7.54. The predicted molar refractivity (Wildman–Crippen MR) is 82.9 cm³/mol. The summed E-state index contributed by atoms with van der Waals surface area (Å²) in [7, 11) is 0. The van der Waals surface area contributed by atoms with Gasteiger partial charge in [0.15, 0.2) is 0 Å². The Kier molecular flexibility index (Phi) is 2.92. The molecule has 3 rings (SSSR count). The van der Waals surface area contributed by atoms with Crippen molar-refractivity contribution in [2.24, 2.45) is 17.3 Å². The highest BCUT2D eigenvalue weighted by Crippen LogP contribution is 2.51. The van der Waals surface area contributed by atoms with E-state index in [9.17, 15) is 0 Å². The second-order valence-electron chi connectivity index (χ2n) is 6.77. The summed E-state index contributed by atoms with van der Waals surface area (Å²) in [5.74, 6) is 1.37. The van der Waals surface area contributed by atoms with Gasteiger partial charge in [-0.05, 0) is 52.4 Å². The highest BCUT2D eigenvalue weighted by molar-refractivity contribution is 5.80. The minimum absolute atomic E-state index is 0.330. The topological polar surface area (TPSA) is 0 Å². The van der Waals surface area contributed by atoms with Gasteiger partial charge in [0.05, 0.1) is 0 Å². The molecule has 0 bridgehead atoms. The molecule has 0 nitrogen and oxygen atoms in total. The average Bonchev–Trinajstić information content (AvgIpc) is 2.75. The van der Waals surface area contributed by atoms with E-state index in [2.05, 4.69) is 64.1 Å². The summed E-state index contributed by atoms with van der Waals surface area (Å²) < 4.78 is 0. The van der Waals surface area contributed by atoms with Gasteiger partial charge >= 0.3 is 0 Å². The molecule has 0 saturated carbocycles. The Morgan fingerprint density at radius 3 is 2.37 bits per heavy atom. The highest BCUT2D eigenvalue weighted by Gasteiger charge is 2.39. The van der Waals surface area contributed by atoms with Crippen molar-refractivity contribution in [1.82, 2.24) is 0 Å². The Morgan fingerprint density at radius 1 is 1.00 bits per heavy atom. The van der Waals surface area contributed by atoms with E-state index >= 15 is 0 Å². The standard InChI is InChI=1S/C19H24/c1-13(2)19(14(3)4)10-9-16-11-15-7-5-6-8-17(15)18(16)12-19/h5-10,13-14H,11-12H2,1-4H3. The maximum absolute atomic E-state index is 2.51. The van der Waals surface area contributed by atoms with Crippen molar-refractivity contribution in [2.45, 2.75) is 40.5 Å². The van der Waals surface area contributed by atoms with Gasteiger partial charge in [-0.25, -0.2) is 0 Å². The molecule has 1 aromatic carbocycles. The number of allylic oxidation sites excluding steroid dienone is 4. The van der Waals surface area contributed by atoms with Crippen LogP contribution in [0.15, 0.2) is 42.0 Å². The van der Waals surface area contributed by atoms with Crippen molar-refractivity contribution in [3.8, 4) is 0 Å². The minimum atomic E-state index is 0.330. The first kappa shape index (κ1) is 12.7. The number of fused-ring (bicyclic) bond motifs is 2. The lowest BCUT2D eigenvalue weighted by Crippen LogP contribution is -2.32. The van der Waals surface area contributed by atoms with E-state index in [4.69, 9.17) is 0 Å². The van der Waals surface area contributed by atoms with Gasteiger partial charge in [-0.3, -0.25) is 0 Å². The molecule has 0 aromatic heterocycles. The van der Waals surface area contributed by atoms with Crippen molar-refractivity contribution in [3.63, 3.8) is 0 Å². The van der Waals surface area contributed by atoms with Crippen LogP contribution in [0, 0.1) is 17.3 Å². The first-order valence-electron chi connectivity index (χ1n) is 7.54. The van der Waals surface area contributed by atoms with E-state index < -0.39 is 0 Å². The van der Waals surface area contributed by atoms with Crippen LogP contribution >= 0.6 is 0 Å². The zero-order valence-corrected chi connectivity index (χ0v) is 12.5. The second kappa shape index (κ2) is 4.37. The monoisotopic (exact) mass is 252 g/mol. The second-order valence-corrected chi connectivity index (χ2v) is 6.77. The fourth-order valence-electron chi connectivity index (χ4n) is 3.90. The number of hydrogen-bond donors (Lipinski definition) is 0. The molecular weight excluding hydrogens is 228 g/mol. The maximum Gasteiger partial charge on any atom is -0.00169 e. The van der Waals surface area contributed by atoms with E-state index in [-0.39, 0.29) is 0 Å². The smallest absolute Gasteiger partial charge is 0.00169 e. The lowest BCUT2D eigenvalue weighted by molar-refractivity contribution is 0.184. The molecule has 0 N–H and O–H groups in total. The SMILES string of the molecule is CC(C)C1(C(C)C)C=CC2=C(C1)c1ccccc1C2. The zero-order chi connectivity index (χ0) is 13.6. The van der Waals surface area contributed by atoms with Gasteiger partial charge in [-0.15, -0.1) is 0 Å². The Bertz CT molecular complexity index is 547. The Hall–Kier alpha value is -1.30. The fraction of sp³-hybridized carbons (Fsp3) is 0.474. The molecule has 2 aliphatic carbocycles. The van der Waals surface area contributed by atoms with Crippen LogP contribution in [0.25, 0.3) is 5.57 Å². The largest absolute Gasteiger partial charge is 0.0772 e. The first-order chi connectivity index (χ1) is 9.04. The van der Waals surface area contributed by atoms with Gasteiger partial charge < -0.3 is 0 Å². The molecule has 19 heavy (non-hydrogen) atoms. The van der Waals surface area contributed by atoms with Gasteiger partial charge in [-0.1, -0.05) is 64.1 Å². The summed E-state index contributed by atoms with van der Waals surface area (Å²) in [6, 6.07) is 8.94. The van der Waals surface area contributed by atoms with Crippen molar-refractivity contribution in [1.29, 1.82) is 0 Å². The van der Waals surface area contributed by atoms with Crippen LogP contribution in [0.1, 0.15) is 45.2 Å². The third kappa shape index (κ3) is 1.81. The molecule has 0 fully saturated rings. The number of benzene rings is 1. The fourth-order valence-corrected chi connectivity index (χ4v) is 3.90. The van der Waals surface area contributed by atoms with Crippen LogP contribution in [-0.4, -0.2) is 0 Å². The Labute approximate surface area is 117 Å². The molecule has 100 valence electrons. The van der Waals surface area contributed by atoms with E-state index in [1.54, 1.807) is 11.1 Å². The van der Waals surface area contributed by atoms with Crippen LogP contribution in [0.4, 0.5) is 0 Å². The van der Waals surface area contributed by atoms with Gasteiger partial charge in [0, 0.05) is 0 Å². The van der Waals surface area contributed by atoms with Crippen LogP contribution in [-0.2, 0) is 6.42 Å². The van der Waals surface area contributed by atoms with Crippen molar-refractivity contribution in [2.75, 3.05) is 0 Å². The van der Waals surface area contributed by atoms with Crippen molar-refractivity contribution >= 4 is 5.57 Å². The third-order valence-corrected chi connectivity index (χ3v) is 5.34. The van der Waals surface area contributed by atoms with Gasteiger partial charge in [0.25, 0.3) is 0 Å². The molecule has 0 heterocycles.